The molecule has 120 valence electrons. The highest BCUT2D eigenvalue weighted by molar-refractivity contribution is 5.94. The van der Waals surface area contributed by atoms with E-state index in [-0.39, 0.29) is 6.61 Å². The topological polar surface area (TPSA) is 68.5 Å². The summed E-state index contributed by atoms with van der Waals surface area (Å²) in [5.41, 5.74) is 0.407. The van der Waals surface area contributed by atoms with Crippen molar-refractivity contribution in [2.24, 2.45) is 0 Å². The quantitative estimate of drug-likeness (QED) is 0.648. The van der Waals surface area contributed by atoms with Gasteiger partial charge in [-0.3, -0.25) is 4.79 Å². The summed E-state index contributed by atoms with van der Waals surface area (Å²) in [6.45, 7) is 8.67. The fraction of sp³-hybridized carbons (Fsp3) is 0.529. The molecular formula is C17H23NO4. The van der Waals surface area contributed by atoms with Crippen molar-refractivity contribution in [2.45, 2.75) is 53.0 Å². The first-order valence-electron chi connectivity index (χ1n) is 7.32. The van der Waals surface area contributed by atoms with Crippen LogP contribution in [0.4, 0.5) is 0 Å². The molecule has 5 nitrogen and oxygen atoms in total. The average Bonchev–Trinajstić information content (AvgIpc) is 2.75. The van der Waals surface area contributed by atoms with Gasteiger partial charge < -0.3 is 14.5 Å². The van der Waals surface area contributed by atoms with E-state index in [4.69, 9.17) is 15.6 Å². The first-order valence-corrected chi connectivity index (χ1v) is 7.32. The summed E-state index contributed by atoms with van der Waals surface area (Å²) in [7, 11) is 0. The molecule has 0 fully saturated rings. The third kappa shape index (κ3) is 3.70. The van der Waals surface area contributed by atoms with E-state index in [2.05, 4.69) is 11.2 Å². The van der Waals surface area contributed by atoms with Crippen LogP contribution in [0.3, 0.4) is 0 Å². The van der Waals surface area contributed by atoms with Crippen molar-refractivity contribution in [1.29, 1.82) is 0 Å². The van der Waals surface area contributed by atoms with E-state index in [1.807, 2.05) is 13.8 Å². The third-order valence-electron chi connectivity index (χ3n) is 3.96. The van der Waals surface area contributed by atoms with Gasteiger partial charge in [0.15, 0.2) is 6.61 Å². The molecule has 0 bridgehead atoms. The summed E-state index contributed by atoms with van der Waals surface area (Å²) >= 11 is 0. The summed E-state index contributed by atoms with van der Waals surface area (Å²) in [6, 6.07) is 0. The maximum atomic E-state index is 12.1. The second-order valence-electron chi connectivity index (χ2n) is 5.27. The molecule has 1 heterocycles. The zero-order valence-electron chi connectivity index (χ0n) is 13.8. The SMILES string of the molecule is C#CC(CC)(CC)NC(=O)COC(=O)c1c(C)oc(C)c1C. The Kier molecular flexibility index (Phi) is 5.81. The Labute approximate surface area is 131 Å². The number of rotatable bonds is 6. The molecule has 0 saturated carbocycles. The minimum absolute atomic E-state index is 0.370. The molecule has 0 atom stereocenters. The monoisotopic (exact) mass is 305 g/mol. The summed E-state index contributed by atoms with van der Waals surface area (Å²) in [6.07, 6.45) is 6.70. The normalized spacial score (nSPS) is 10.9. The van der Waals surface area contributed by atoms with Gasteiger partial charge in [0.25, 0.3) is 5.91 Å². The van der Waals surface area contributed by atoms with Crippen molar-refractivity contribution >= 4 is 11.9 Å². The Morgan fingerprint density at radius 3 is 2.23 bits per heavy atom. The summed E-state index contributed by atoms with van der Waals surface area (Å²) in [4.78, 5) is 24.0. The minimum Gasteiger partial charge on any atom is -0.465 e. The van der Waals surface area contributed by atoms with Crippen LogP contribution in [0.25, 0.3) is 0 Å². The lowest BCUT2D eigenvalue weighted by Crippen LogP contribution is -2.48. The Morgan fingerprint density at radius 1 is 1.23 bits per heavy atom. The van der Waals surface area contributed by atoms with E-state index in [0.717, 1.165) is 5.56 Å². The van der Waals surface area contributed by atoms with Crippen LogP contribution < -0.4 is 5.32 Å². The summed E-state index contributed by atoms with van der Waals surface area (Å²) in [5, 5.41) is 2.75. The van der Waals surface area contributed by atoms with Crippen LogP contribution in [0.2, 0.25) is 0 Å². The number of furan rings is 1. The number of terminal acetylenes is 1. The van der Waals surface area contributed by atoms with Crippen LogP contribution in [0.15, 0.2) is 4.42 Å². The van der Waals surface area contributed by atoms with Crippen LogP contribution >= 0.6 is 0 Å². The van der Waals surface area contributed by atoms with Crippen LogP contribution in [0, 0.1) is 33.1 Å². The molecule has 5 heteroatoms. The van der Waals surface area contributed by atoms with Gasteiger partial charge in [0, 0.05) is 5.56 Å². The number of nitrogens with one attached hydrogen (secondary N) is 1. The molecule has 0 spiro atoms. The Bertz CT molecular complexity index is 603. The number of aryl methyl sites for hydroxylation is 2. The van der Waals surface area contributed by atoms with E-state index in [0.29, 0.717) is 29.9 Å². The van der Waals surface area contributed by atoms with Gasteiger partial charge in [0.1, 0.15) is 22.6 Å². The van der Waals surface area contributed by atoms with Crippen LogP contribution in [-0.2, 0) is 9.53 Å². The average molecular weight is 305 g/mol. The van der Waals surface area contributed by atoms with E-state index >= 15 is 0 Å². The van der Waals surface area contributed by atoms with Crippen LogP contribution in [-0.4, -0.2) is 24.0 Å². The van der Waals surface area contributed by atoms with Gasteiger partial charge in [0.05, 0.1) is 0 Å². The van der Waals surface area contributed by atoms with Crippen LogP contribution in [0.1, 0.15) is 54.1 Å². The zero-order chi connectivity index (χ0) is 16.9. The molecule has 0 aromatic carbocycles. The number of carbonyl (C=O) groups is 2. The van der Waals surface area contributed by atoms with Crippen molar-refractivity contribution in [1.82, 2.24) is 5.32 Å². The highest BCUT2D eigenvalue weighted by Gasteiger charge is 2.26. The Morgan fingerprint density at radius 2 is 1.82 bits per heavy atom. The number of hydrogen-bond donors (Lipinski definition) is 1. The molecule has 0 aliphatic rings. The lowest BCUT2D eigenvalue weighted by atomic mass is 9.94. The summed E-state index contributed by atoms with van der Waals surface area (Å²) in [5.74, 6) is 2.77. The predicted molar refractivity (Wildman–Crippen MR) is 83.5 cm³/mol. The van der Waals surface area contributed by atoms with Gasteiger partial charge in [-0.1, -0.05) is 19.8 Å². The van der Waals surface area contributed by atoms with E-state index < -0.39 is 17.4 Å². The second kappa shape index (κ2) is 7.17. The standard InChI is InChI=1S/C17H23NO4/c1-7-17(8-2,9-3)18-14(19)10-21-16(20)15-11(4)12(5)22-13(15)6/h1H,8-10H2,2-6H3,(H,18,19). The molecule has 0 saturated heterocycles. The number of carbonyl (C=O) groups excluding carboxylic acids is 2. The van der Waals surface area contributed by atoms with Crippen molar-refractivity contribution < 1.29 is 18.7 Å². The van der Waals surface area contributed by atoms with Crippen LogP contribution in [0.5, 0.6) is 0 Å². The number of ether oxygens (including phenoxy) is 1. The molecule has 1 aromatic heterocycles. The van der Waals surface area contributed by atoms with E-state index in [1.54, 1.807) is 20.8 Å². The Balaban J connectivity index is 2.69. The lowest BCUT2D eigenvalue weighted by molar-refractivity contribution is -0.125. The predicted octanol–water partition coefficient (Wildman–Crippen LogP) is 2.67. The highest BCUT2D eigenvalue weighted by atomic mass is 16.5. The van der Waals surface area contributed by atoms with Gasteiger partial charge in [0.2, 0.25) is 0 Å². The van der Waals surface area contributed by atoms with Gasteiger partial charge in [-0.25, -0.2) is 4.79 Å². The smallest absolute Gasteiger partial charge is 0.342 e. The fourth-order valence-corrected chi connectivity index (χ4v) is 2.27. The van der Waals surface area contributed by atoms with E-state index in [9.17, 15) is 9.59 Å². The Hall–Kier alpha value is -2.22. The second-order valence-corrected chi connectivity index (χ2v) is 5.27. The third-order valence-corrected chi connectivity index (χ3v) is 3.96. The molecule has 1 N–H and O–H groups in total. The maximum absolute atomic E-state index is 12.1. The number of amides is 1. The number of hydrogen-bond acceptors (Lipinski definition) is 4. The molecule has 0 aliphatic heterocycles. The van der Waals surface area contributed by atoms with Gasteiger partial charge in [-0.2, -0.15) is 0 Å². The van der Waals surface area contributed by atoms with Crippen molar-refractivity contribution in [3.8, 4) is 12.3 Å². The molecular weight excluding hydrogens is 282 g/mol. The highest BCUT2D eigenvalue weighted by Crippen LogP contribution is 2.21. The minimum atomic E-state index is -0.693. The lowest BCUT2D eigenvalue weighted by Gasteiger charge is -2.26. The fourth-order valence-electron chi connectivity index (χ4n) is 2.27. The van der Waals surface area contributed by atoms with Gasteiger partial charge in [-0.05, 0) is 33.6 Å². The zero-order valence-corrected chi connectivity index (χ0v) is 13.8. The van der Waals surface area contributed by atoms with Gasteiger partial charge >= 0.3 is 5.97 Å². The first-order chi connectivity index (χ1) is 10.3. The van der Waals surface area contributed by atoms with Crippen molar-refractivity contribution in [2.75, 3.05) is 6.61 Å². The largest absolute Gasteiger partial charge is 0.465 e. The molecule has 1 rings (SSSR count). The first kappa shape index (κ1) is 17.8. The van der Waals surface area contributed by atoms with Crippen molar-refractivity contribution in [3.63, 3.8) is 0 Å². The molecule has 1 aromatic rings. The van der Waals surface area contributed by atoms with Crippen molar-refractivity contribution in [3.05, 3.63) is 22.6 Å². The summed E-state index contributed by atoms with van der Waals surface area (Å²) < 4.78 is 10.4. The molecule has 1 amide bonds. The number of esters is 1. The molecule has 0 unspecified atom stereocenters. The van der Waals surface area contributed by atoms with Gasteiger partial charge in [-0.15, -0.1) is 6.42 Å². The molecule has 0 aliphatic carbocycles. The molecule has 0 radical (unpaired) electrons. The maximum Gasteiger partial charge on any atom is 0.342 e. The van der Waals surface area contributed by atoms with E-state index in [1.165, 1.54) is 0 Å². The molecule has 22 heavy (non-hydrogen) atoms.